The van der Waals surface area contributed by atoms with E-state index in [4.69, 9.17) is 4.74 Å². The quantitative estimate of drug-likeness (QED) is 0.525. The number of carbonyl (C=O) groups excluding carboxylic acids is 1. The summed E-state index contributed by atoms with van der Waals surface area (Å²) in [6.07, 6.45) is 0.434. The molecule has 0 heterocycles. The van der Waals surface area contributed by atoms with E-state index >= 15 is 0 Å². The number of rotatable bonds is 5. The molecule has 0 aliphatic rings. The molecule has 0 aromatic carbocycles. The average molecular weight is 411 g/mol. The Morgan fingerprint density at radius 2 is 1.92 bits per heavy atom. The predicted molar refractivity (Wildman–Crippen MR) is 39.5 cm³/mol. The Bertz CT molecular complexity index is 104. The van der Waals surface area contributed by atoms with Gasteiger partial charge in [-0.1, -0.05) is 0 Å². The molecule has 0 rings (SSSR count). The third-order valence-electron chi connectivity index (χ3n) is 1.000. The van der Waals surface area contributed by atoms with Crippen LogP contribution in [0.25, 0.3) is 0 Å². The Kier molecular flexibility index (Phi) is 38.5. The number of nitrogens with one attached hydrogen (secondary N) is 1. The van der Waals surface area contributed by atoms with Crippen molar-refractivity contribution in [2.45, 2.75) is 13.3 Å². The Morgan fingerprint density at radius 1 is 1.38 bits per heavy atom. The van der Waals surface area contributed by atoms with Crippen molar-refractivity contribution in [2.75, 3.05) is 19.8 Å². The van der Waals surface area contributed by atoms with Crippen LogP contribution in [0.1, 0.15) is 13.3 Å². The first-order chi connectivity index (χ1) is 4.81. The largest absolute Gasteiger partial charge is 0.386 e. The summed E-state index contributed by atoms with van der Waals surface area (Å²) in [5.74, 6) is 0.00319. The Morgan fingerprint density at radius 3 is 2.31 bits per heavy atom. The minimum atomic E-state index is 0. The van der Waals surface area contributed by atoms with Gasteiger partial charge in [0.05, 0.1) is 6.61 Å². The number of hydrogen-bond acceptors (Lipinski definition) is 2. The zero-order valence-corrected chi connectivity index (χ0v) is 16.6. The van der Waals surface area contributed by atoms with Gasteiger partial charge in [0.25, 0.3) is 0 Å². The second kappa shape index (κ2) is 20.2. The molecule has 0 aromatic rings. The summed E-state index contributed by atoms with van der Waals surface area (Å²) in [6, 6.07) is 0. The summed E-state index contributed by atoms with van der Waals surface area (Å²) in [5, 5.41) is 2.57. The molecule has 3 radical (unpaired) electrons. The molecule has 0 saturated carbocycles. The molecule has 0 aliphatic carbocycles. The summed E-state index contributed by atoms with van der Waals surface area (Å²) in [6.45, 7) is 7.00. The summed E-state index contributed by atoms with van der Waals surface area (Å²) < 4.78 is 4.97. The second-order valence-corrected chi connectivity index (χ2v) is 1.80. The fourth-order valence-electron chi connectivity index (χ4n) is 0.537. The van der Waals surface area contributed by atoms with Crippen molar-refractivity contribution in [2.24, 2.45) is 0 Å². The van der Waals surface area contributed by atoms with Gasteiger partial charge in [-0.15, -0.1) is 6.54 Å². The molecule has 6 heteroatoms. The van der Waals surface area contributed by atoms with Crippen LogP contribution in [0, 0.1) is 6.92 Å². The molecule has 0 aliphatic heterocycles. The minimum Gasteiger partial charge on any atom is -0.386 e. The SMILES string of the molecule is [CH2-]CNC(=O)CCOCC.[Y].[Y].[Y]. The zero-order chi connectivity index (χ0) is 7.82. The first kappa shape index (κ1) is 24.8. The second-order valence-electron chi connectivity index (χ2n) is 1.80. The van der Waals surface area contributed by atoms with Crippen molar-refractivity contribution >= 4 is 5.91 Å². The maximum atomic E-state index is 10.7. The van der Waals surface area contributed by atoms with Crippen LogP contribution in [-0.4, -0.2) is 25.7 Å². The van der Waals surface area contributed by atoms with Crippen LogP contribution in [0.4, 0.5) is 0 Å². The van der Waals surface area contributed by atoms with Crippen molar-refractivity contribution in [3.8, 4) is 0 Å². The Hall–Kier alpha value is 2.74. The molecule has 0 fully saturated rings. The van der Waals surface area contributed by atoms with Crippen LogP contribution in [0.5, 0.6) is 0 Å². The zero-order valence-electron chi connectivity index (χ0n) is 8.08. The molecular formula is C7H14NO2Y3-. The number of carbonyl (C=O) groups is 1. The first-order valence-electron chi connectivity index (χ1n) is 3.45. The van der Waals surface area contributed by atoms with E-state index < -0.39 is 0 Å². The molecule has 0 saturated heterocycles. The van der Waals surface area contributed by atoms with E-state index in [1.807, 2.05) is 6.92 Å². The summed E-state index contributed by atoms with van der Waals surface area (Å²) in [4.78, 5) is 10.7. The van der Waals surface area contributed by atoms with E-state index in [1.165, 1.54) is 0 Å². The average Bonchev–Trinajstić information content (AvgIpc) is 1.89. The van der Waals surface area contributed by atoms with Gasteiger partial charge in [0, 0.05) is 111 Å². The molecule has 0 atom stereocenters. The Balaban J connectivity index is -0.000000135. The molecular weight excluding hydrogens is 397 g/mol. The van der Waals surface area contributed by atoms with Gasteiger partial charge >= 0.3 is 0 Å². The molecule has 0 spiro atoms. The van der Waals surface area contributed by atoms with Crippen molar-refractivity contribution in [1.82, 2.24) is 5.32 Å². The summed E-state index contributed by atoms with van der Waals surface area (Å²) in [7, 11) is 0. The van der Waals surface area contributed by atoms with E-state index in [2.05, 4.69) is 12.2 Å². The van der Waals surface area contributed by atoms with Crippen molar-refractivity contribution in [1.29, 1.82) is 0 Å². The maximum Gasteiger partial charge on any atom is 0.219 e. The van der Waals surface area contributed by atoms with Gasteiger partial charge in [-0.25, -0.2) is 0 Å². The standard InChI is InChI=1S/C7H14NO2.3Y/c1-3-8-7(9)5-6-10-4-2;;;/h1,3-6H2,2H3,(H,8,9);;;/q-1;;;. The first-order valence-corrected chi connectivity index (χ1v) is 3.45. The van der Waals surface area contributed by atoms with Gasteiger partial charge in [-0.05, 0) is 6.92 Å². The van der Waals surface area contributed by atoms with Gasteiger partial charge in [0.2, 0.25) is 5.91 Å². The minimum absolute atomic E-state index is 0. The number of ether oxygens (including phenoxy) is 1. The van der Waals surface area contributed by atoms with Gasteiger partial charge in [0.1, 0.15) is 0 Å². The molecule has 1 amide bonds. The predicted octanol–water partition coefficient (Wildman–Crippen LogP) is 0.356. The summed E-state index contributed by atoms with van der Waals surface area (Å²) >= 11 is 0. The van der Waals surface area contributed by atoms with E-state index in [0.29, 0.717) is 26.2 Å². The van der Waals surface area contributed by atoms with Gasteiger partial charge in [-0.2, -0.15) is 0 Å². The number of hydrogen-bond donors (Lipinski definition) is 1. The van der Waals surface area contributed by atoms with Gasteiger partial charge in [0.15, 0.2) is 0 Å². The molecule has 1 N–H and O–H groups in total. The van der Waals surface area contributed by atoms with Crippen molar-refractivity contribution in [3.63, 3.8) is 0 Å². The Labute approximate surface area is 156 Å². The van der Waals surface area contributed by atoms with Crippen molar-refractivity contribution < 1.29 is 108 Å². The number of amides is 1. The molecule has 0 bridgehead atoms. The van der Waals surface area contributed by atoms with Crippen LogP contribution >= 0.6 is 0 Å². The van der Waals surface area contributed by atoms with E-state index in [0.717, 1.165) is 0 Å². The topological polar surface area (TPSA) is 38.3 Å². The van der Waals surface area contributed by atoms with Crippen molar-refractivity contribution in [3.05, 3.63) is 6.92 Å². The fraction of sp³-hybridized carbons (Fsp3) is 0.714. The molecule has 0 unspecified atom stereocenters. The van der Waals surface area contributed by atoms with Gasteiger partial charge < -0.3 is 17.0 Å². The van der Waals surface area contributed by atoms with E-state index in [-0.39, 0.29) is 104 Å². The molecule has 13 heavy (non-hydrogen) atoms. The van der Waals surface area contributed by atoms with Crippen LogP contribution in [-0.2, 0) is 108 Å². The third kappa shape index (κ3) is 20.7. The fourth-order valence-corrected chi connectivity index (χ4v) is 0.537. The smallest absolute Gasteiger partial charge is 0.219 e. The van der Waals surface area contributed by atoms with Crippen LogP contribution in [0.2, 0.25) is 0 Å². The molecule has 3 nitrogen and oxygen atoms in total. The monoisotopic (exact) mass is 411 g/mol. The summed E-state index contributed by atoms with van der Waals surface area (Å²) in [5.41, 5.74) is 0. The molecule has 0 aromatic heterocycles. The van der Waals surface area contributed by atoms with Crippen LogP contribution in [0.3, 0.4) is 0 Å². The van der Waals surface area contributed by atoms with E-state index in [1.54, 1.807) is 0 Å². The van der Waals surface area contributed by atoms with Crippen LogP contribution in [0.15, 0.2) is 0 Å². The van der Waals surface area contributed by atoms with Gasteiger partial charge in [-0.3, -0.25) is 4.79 Å². The van der Waals surface area contributed by atoms with E-state index in [9.17, 15) is 4.79 Å². The van der Waals surface area contributed by atoms with Crippen LogP contribution < -0.4 is 5.32 Å². The normalized spacial score (nSPS) is 7.23. The third-order valence-corrected chi connectivity index (χ3v) is 1.000. The molecule has 69 valence electrons. The maximum absolute atomic E-state index is 10.7.